The lowest BCUT2D eigenvalue weighted by Crippen LogP contribution is -1.81. The van der Waals surface area contributed by atoms with Crippen molar-refractivity contribution >= 4 is 70.8 Å². The van der Waals surface area contributed by atoms with Crippen LogP contribution < -0.4 is 0 Å². The fraction of sp³-hybridized carbons (Fsp3) is 0.400. The molecule has 76 valence electrons. The van der Waals surface area contributed by atoms with Gasteiger partial charge in [-0.3, -0.25) is 0 Å². The molecule has 0 amide bonds. The van der Waals surface area contributed by atoms with Crippen LogP contribution in [-0.4, -0.2) is 13.3 Å². The summed E-state index contributed by atoms with van der Waals surface area (Å²) in [6.07, 6.45) is 3.02. The molecule has 0 saturated carbocycles. The van der Waals surface area contributed by atoms with Gasteiger partial charge in [-0.05, 0) is 0 Å². The fourth-order valence-electron chi connectivity index (χ4n) is 0.294. The highest BCUT2D eigenvalue weighted by atomic mass is 35.5. The predicted octanol–water partition coefficient (Wildman–Crippen LogP) is 4.21. The second-order valence-electron chi connectivity index (χ2n) is 1.47. The number of aromatic nitrogens is 1. The van der Waals surface area contributed by atoms with Crippen molar-refractivity contribution in [3.05, 3.63) is 12.5 Å². The van der Waals surface area contributed by atoms with Crippen LogP contribution in [0.5, 0.6) is 0 Å². The lowest BCUT2D eigenvalue weighted by Gasteiger charge is -1.97. The van der Waals surface area contributed by atoms with E-state index in [-0.39, 0.29) is 0 Å². The van der Waals surface area contributed by atoms with Gasteiger partial charge in [0.05, 0.1) is 6.20 Å². The van der Waals surface area contributed by atoms with Gasteiger partial charge in [-0.25, -0.2) is 4.98 Å². The summed E-state index contributed by atoms with van der Waals surface area (Å²) in [4.78, 5) is 3.61. The number of alkyl halides is 4. The summed E-state index contributed by atoms with van der Waals surface area (Å²) in [7, 11) is 0. The minimum atomic E-state index is -0.528. The summed E-state index contributed by atoms with van der Waals surface area (Å²) in [6.45, 7) is 0. The SMILES string of the molecule is ClC(Cl)SC(Cl)Cl.Sc1ncco1. The number of oxazole rings is 1. The van der Waals surface area contributed by atoms with E-state index in [1.807, 2.05) is 0 Å². The Labute approximate surface area is 106 Å². The van der Waals surface area contributed by atoms with Gasteiger partial charge in [0, 0.05) is 0 Å². The monoisotopic (exact) mass is 299 g/mol. The van der Waals surface area contributed by atoms with Crippen LogP contribution in [0.25, 0.3) is 0 Å². The molecule has 0 atom stereocenters. The molecule has 1 rings (SSSR count). The van der Waals surface area contributed by atoms with Gasteiger partial charge < -0.3 is 4.42 Å². The van der Waals surface area contributed by atoms with Crippen LogP contribution in [0.4, 0.5) is 0 Å². The minimum absolute atomic E-state index is 0.412. The summed E-state index contributed by atoms with van der Waals surface area (Å²) in [5.74, 6) is 0. The van der Waals surface area contributed by atoms with E-state index in [0.29, 0.717) is 5.22 Å². The van der Waals surface area contributed by atoms with Gasteiger partial charge in [0.25, 0.3) is 5.22 Å². The molecule has 8 heteroatoms. The molecule has 1 aromatic heterocycles. The van der Waals surface area contributed by atoms with Crippen molar-refractivity contribution in [3.63, 3.8) is 0 Å². The first-order chi connectivity index (χ1) is 6.02. The Hall–Kier alpha value is 1.07. The molecule has 0 saturated heterocycles. The Morgan fingerprint density at radius 3 is 1.92 bits per heavy atom. The van der Waals surface area contributed by atoms with Crippen molar-refractivity contribution < 1.29 is 4.42 Å². The van der Waals surface area contributed by atoms with Crippen LogP contribution >= 0.6 is 70.8 Å². The van der Waals surface area contributed by atoms with Crippen molar-refractivity contribution in [3.8, 4) is 0 Å². The Morgan fingerprint density at radius 2 is 1.85 bits per heavy atom. The van der Waals surface area contributed by atoms with E-state index in [2.05, 4.69) is 22.0 Å². The normalized spacial score (nSPS) is 10.1. The van der Waals surface area contributed by atoms with E-state index in [1.54, 1.807) is 6.20 Å². The molecule has 0 radical (unpaired) electrons. The number of thioether (sulfide) groups is 1. The molecular formula is C5H5Cl4NOS2. The first-order valence-electron chi connectivity index (χ1n) is 2.82. The first kappa shape index (κ1) is 14.1. The van der Waals surface area contributed by atoms with Crippen LogP contribution in [0.15, 0.2) is 22.1 Å². The molecule has 2 nitrogen and oxygen atoms in total. The van der Waals surface area contributed by atoms with Crippen LogP contribution in [0, 0.1) is 0 Å². The van der Waals surface area contributed by atoms with E-state index in [4.69, 9.17) is 46.4 Å². The predicted molar refractivity (Wildman–Crippen MR) is 62.3 cm³/mol. The van der Waals surface area contributed by atoms with Crippen molar-refractivity contribution in [2.75, 3.05) is 0 Å². The summed E-state index contributed by atoms with van der Waals surface area (Å²) >= 11 is 25.8. The summed E-state index contributed by atoms with van der Waals surface area (Å²) in [5, 5.41) is 0.412. The third-order valence-corrected chi connectivity index (χ3v) is 2.49. The van der Waals surface area contributed by atoms with Crippen LogP contribution in [-0.2, 0) is 0 Å². The Kier molecular flexibility index (Phi) is 9.07. The van der Waals surface area contributed by atoms with E-state index in [1.165, 1.54) is 6.26 Å². The van der Waals surface area contributed by atoms with E-state index >= 15 is 0 Å². The maximum Gasteiger partial charge on any atom is 0.252 e. The Morgan fingerprint density at radius 1 is 1.31 bits per heavy atom. The lowest BCUT2D eigenvalue weighted by molar-refractivity contribution is 0.456. The van der Waals surface area contributed by atoms with Gasteiger partial charge in [0.2, 0.25) is 0 Å². The van der Waals surface area contributed by atoms with E-state index in [9.17, 15) is 0 Å². The molecule has 0 fully saturated rings. The van der Waals surface area contributed by atoms with Gasteiger partial charge in [-0.2, -0.15) is 0 Å². The highest BCUT2D eigenvalue weighted by Gasteiger charge is 2.04. The topological polar surface area (TPSA) is 26.0 Å². The number of halogens is 4. The third-order valence-electron chi connectivity index (χ3n) is 0.625. The minimum Gasteiger partial charge on any atom is -0.440 e. The molecule has 1 heterocycles. The lowest BCUT2D eigenvalue weighted by atomic mass is 11.0. The average Bonchev–Trinajstić information content (AvgIpc) is 2.37. The van der Waals surface area contributed by atoms with Crippen LogP contribution in [0.3, 0.4) is 0 Å². The second-order valence-corrected chi connectivity index (χ2v) is 6.30. The van der Waals surface area contributed by atoms with Gasteiger partial charge in [-0.15, -0.1) is 0 Å². The molecule has 0 bridgehead atoms. The molecule has 1 aromatic rings. The molecule has 0 aliphatic rings. The molecule has 0 aliphatic carbocycles. The average molecular weight is 301 g/mol. The Bertz CT molecular complexity index is 200. The number of nitrogens with zero attached hydrogens (tertiary/aromatic N) is 1. The maximum absolute atomic E-state index is 5.23. The van der Waals surface area contributed by atoms with Gasteiger partial charge >= 0.3 is 0 Å². The number of thiol groups is 1. The fourth-order valence-corrected chi connectivity index (χ4v) is 2.44. The zero-order chi connectivity index (χ0) is 10.3. The molecule has 0 N–H and O–H groups in total. The van der Waals surface area contributed by atoms with Crippen molar-refractivity contribution in [1.82, 2.24) is 4.98 Å². The molecule has 13 heavy (non-hydrogen) atoms. The zero-order valence-electron chi connectivity index (χ0n) is 6.03. The molecular weight excluding hydrogens is 296 g/mol. The van der Waals surface area contributed by atoms with Gasteiger partial charge in [-0.1, -0.05) is 70.8 Å². The number of rotatable bonds is 2. The van der Waals surface area contributed by atoms with E-state index in [0.717, 1.165) is 11.8 Å². The smallest absolute Gasteiger partial charge is 0.252 e. The van der Waals surface area contributed by atoms with Crippen molar-refractivity contribution in [2.24, 2.45) is 0 Å². The number of hydrogen-bond donors (Lipinski definition) is 1. The summed E-state index contributed by atoms with van der Waals surface area (Å²) in [5.41, 5.74) is 0. The van der Waals surface area contributed by atoms with Crippen LogP contribution in [0.1, 0.15) is 0 Å². The van der Waals surface area contributed by atoms with Crippen LogP contribution in [0.2, 0.25) is 0 Å². The zero-order valence-corrected chi connectivity index (χ0v) is 10.8. The maximum atomic E-state index is 5.23. The van der Waals surface area contributed by atoms with Crippen molar-refractivity contribution in [2.45, 2.75) is 13.6 Å². The molecule has 0 unspecified atom stereocenters. The van der Waals surface area contributed by atoms with E-state index < -0.39 is 8.34 Å². The largest absolute Gasteiger partial charge is 0.440 e. The number of hydrogen-bond acceptors (Lipinski definition) is 4. The first-order valence-corrected chi connectivity index (χ1v) is 5.96. The summed E-state index contributed by atoms with van der Waals surface area (Å²) in [6, 6.07) is 0. The third kappa shape index (κ3) is 11.0. The van der Waals surface area contributed by atoms with Crippen molar-refractivity contribution in [1.29, 1.82) is 0 Å². The quantitative estimate of drug-likeness (QED) is 0.655. The standard InChI is InChI=1S/C3H3NOS.C2H2Cl4S/c6-3-4-1-2-5-3;3-1(4)7-2(5)6/h1-2H,(H,4,6);1-2H. The second kappa shape index (κ2) is 8.38. The molecule has 0 aliphatic heterocycles. The van der Waals surface area contributed by atoms with Gasteiger partial charge in [0.15, 0.2) is 8.34 Å². The van der Waals surface area contributed by atoms with Gasteiger partial charge in [0.1, 0.15) is 6.26 Å². The molecule has 0 spiro atoms. The highest BCUT2D eigenvalue weighted by molar-refractivity contribution is 8.05. The highest BCUT2D eigenvalue weighted by Crippen LogP contribution is 2.28. The molecule has 0 aromatic carbocycles. The summed E-state index contributed by atoms with van der Waals surface area (Å²) < 4.78 is 3.53. The Balaban J connectivity index is 0.000000223.